The van der Waals surface area contributed by atoms with Crippen LogP contribution in [0.5, 0.6) is 5.88 Å². The number of alkyl halides is 3. The summed E-state index contributed by atoms with van der Waals surface area (Å²) >= 11 is 0. The summed E-state index contributed by atoms with van der Waals surface area (Å²) < 4.78 is 43.6. The maximum absolute atomic E-state index is 13.3. The molecule has 8 nitrogen and oxygen atoms in total. The minimum absolute atomic E-state index is 0.0831. The van der Waals surface area contributed by atoms with E-state index in [2.05, 4.69) is 20.4 Å². The first kappa shape index (κ1) is 22.8. The van der Waals surface area contributed by atoms with Gasteiger partial charge in [-0.25, -0.2) is 15.0 Å². The summed E-state index contributed by atoms with van der Waals surface area (Å²) in [5.74, 6) is 0.397. The Hall–Kier alpha value is -4.02. The minimum atomic E-state index is -4.46. The first-order valence-electron chi connectivity index (χ1n) is 11.0. The number of hydrogen-bond donors (Lipinski definition) is 1. The van der Waals surface area contributed by atoms with Gasteiger partial charge in [0.25, 0.3) is 5.91 Å². The summed E-state index contributed by atoms with van der Waals surface area (Å²) in [7, 11) is 0. The van der Waals surface area contributed by atoms with Gasteiger partial charge in [-0.1, -0.05) is 6.07 Å². The third-order valence-corrected chi connectivity index (χ3v) is 5.58. The van der Waals surface area contributed by atoms with Crippen molar-refractivity contribution >= 4 is 16.9 Å². The van der Waals surface area contributed by atoms with Crippen LogP contribution in [0.4, 0.5) is 13.2 Å². The van der Waals surface area contributed by atoms with Gasteiger partial charge >= 0.3 is 6.18 Å². The lowest BCUT2D eigenvalue weighted by Crippen LogP contribution is -2.24. The number of amides is 1. The van der Waals surface area contributed by atoms with Gasteiger partial charge in [-0.2, -0.15) is 23.0 Å². The normalized spacial score (nSPS) is 13.7. The van der Waals surface area contributed by atoms with Crippen molar-refractivity contribution in [3.8, 4) is 11.7 Å². The van der Waals surface area contributed by atoms with Gasteiger partial charge in [0.05, 0.1) is 16.6 Å². The summed E-state index contributed by atoms with van der Waals surface area (Å²) in [4.78, 5) is 26.2. The molecule has 0 saturated heterocycles. The smallest absolute Gasteiger partial charge is 0.422 e. The van der Waals surface area contributed by atoms with E-state index >= 15 is 0 Å². The Bertz CT molecular complexity index is 1380. The van der Waals surface area contributed by atoms with Crippen LogP contribution in [-0.4, -0.2) is 43.4 Å². The van der Waals surface area contributed by atoms with E-state index in [1.54, 1.807) is 23.0 Å². The molecule has 0 unspecified atom stereocenters. The summed E-state index contributed by atoms with van der Waals surface area (Å²) in [6.45, 7) is 0.457. The van der Waals surface area contributed by atoms with Gasteiger partial charge in [0.15, 0.2) is 18.1 Å². The Kier molecular flexibility index (Phi) is 5.83. The van der Waals surface area contributed by atoms with Crippen LogP contribution in [0.2, 0.25) is 0 Å². The minimum Gasteiger partial charge on any atom is -0.468 e. The standard InChI is InChI=1S/C24H21F3N6O2/c1-14-21-17(23(34)30-12-15-7-9-29-20(10-15)35-13-24(25,26)27)11-18(16-5-6-16)31-22(21)33(32-14)19-4-2-3-8-28-19/h2-4,7-11,16H,5-6,12-13H2,1H3,(H,30,34). The molecule has 1 amide bonds. The fraction of sp³-hybridized carbons (Fsp3) is 0.292. The van der Waals surface area contributed by atoms with E-state index in [-0.39, 0.29) is 18.3 Å². The lowest BCUT2D eigenvalue weighted by molar-refractivity contribution is -0.154. The Balaban J connectivity index is 1.43. The maximum atomic E-state index is 13.3. The molecule has 0 aromatic carbocycles. The van der Waals surface area contributed by atoms with E-state index in [0.29, 0.717) is 39.6 Å². The van der Waals surface area contributed by atoms with E-state index in [9.17, 15) is 18.0 Å². The molecule has 180 valence electrons. The molecule has 4 heterocycles. The molecule has 1 aliphatic carbocycles. The van der Waals surface area contributed by atoms with Crippen LogP contribution in [0.25, 0.3) is 16.9 Å². The highest BCUT2D eigenvalue weighted by Crippen LogP contribution is 2.40. The molecule has 1 fully saturated rings. The highest BCUT2D eigenvalue weighted by molar-refractivity contribution is 6.06. The van der Waals surface area contributed by atoms with E-state index in [1.165, 1.54) is 12.3 Å². The molecule has 0 aliphatic heterocycles. The zero-order valence-corrected chi connectivity index (χ0v) is 18.7. The predicted molar refractivity (Wildman–Crippen MR) is 120 cm³/mol. The highest BCUT2D eigenvalue weighted by Gasteiger charge is 2.30. The zero-order valence-electron chi connectivity index (χ0n) is 18.7. The Morgan fingerprint density at radius 1 is 1.17 bits per heavy atom. The molecule has 0 radical (unpaired) electrons. The number of fused-ring (bicyclic) bond motifs is 1. The summed E-state index contributed by atoms with van der Waals surface area (Å²) in [6.07, 6.45) is 0.555. The molecule has 1 saturated carbocycles. The number of aromatic nitrogens is 5. The molecule has 0 bridgehead atoms. The number of aryl methyl sites for hydroxylation is 1. The molecule has 4 aromatic rings. The molecular formula is C24H21F3N6O2. The van der Waals surface area contributed by atoms with Crippen molar-refractivity contribution in [2.24, 2.45) is 0 Å². The van der Waals surface area contributed by atoms with Gasteiger partial charge < -0.3 is 10.1 Å². The molecule has 0 atom stereocenters. The number of nitrogens with zero attached hydrogens (tertiary/aromatic N) is 5. The van der Waals surface area contributed by atoms with E-state index in [4.69, 9.17) is 9.72 Å². The Morgan fingerprint density at radius 2 is 2.00 bits per heavy atom. The van der Waals surface area contributed by atoms with Gasteiger partial charge in [0, 0.05) is 36.6 Å². The maximum Gasteiger partial charge on any atom is 0.422 e. The monoisotopic (exact) mass is 482 g/mol. The first-order chi connectivity index (χ1) is 16.8. The average Bonchev–Trinajstić information content (AvgIpc) is 3.65. The second kappa shape index (κ2) is 8.97. The zero-order chi connectivity index (χ0) is 24.6. The SMILES string of the molecule is Cc1nn(-c2ccccn2)c2nc(C3CC3)cc(C(=O)NCc3ccnc(OCC(F)(F)F)c3)c12. The second-order valence-electron chi connectivity index (χ2n) is 8.34. The molecule has 35 heavy (non-hydrogen) atoms. The number of carbonyl (C=O) groups excluding carboxylic acids is 1. The van der Waals surface area contributed by atoms with Crippen molar-refractivity contribution in [3.63, 3.8) is 0 Å². The number of pyridine rings is 3. The molecule has 1 N–H and O–H groups in total. The van der Waals surface area contributed by atoms with Crippen LogP contribution >= 0.6 is 0 Å². The fourth-order valence-corrected chi connectivity index (χ4v) is 3.79. The van der Waals surface area contributed by atoms with Gasteiger partial charge in [0.1, 0.15) is 0 Å². The summed E-state index contributed by atoms with van der Waals surface area (Å²) in [5.41, 5.74) is 3.02. The molecule has 1 aliphatic rings. The van der Waals surface area contributed by atoms with Gasteiger partial charge in [-0.05, 0) is 49.6 Å². The average molecular weight is 482 g/mol. The van der Waals surface area contributed by atoms with Crippen molar-refractivity contribution < 1.29 is 22.7 Å². The number of hydrogen-bond acceptors (Lipinski definition) is 6. The molecule has 4 aromatic heterocycles. The topological polar surface area (TPSA) is 94.8 Å². The lowest BCUT2D eigenvalue weighted by atomic mass is 10.1. The van der Waals surface area contributed by atoms with E-state index in [1.807, 2.05) is 25.1 Å². The summed E-state index contributed by atoms with van der Waals surface area (Å²) in [5, 5.41) is 8.06. The summed E-state index contributed by atoms with van der Waals surface area (Å²) in [6, 6.07) is 10.3. The van der Waals surface area contributed by atoms with Crippen molar-refractivity contribution in [3.05, 3.63) is 71.3 Å². The molecule has 0 spiro atoms. The Morgan fingerprint density at radius 3 is 2.71 bits per heavy atom. The number of ether oxygens (including phenoxy) is 1. The predicted octanol–water partition coefficient (Wildman–Crippen LogP) is 4.27. The van der Waals surface area contributed by atoms with Crippen molar-refractivity contribution in [1.29, 1.82) is 0 Å². The van der Waals surface area contributed by atoms with Crippen molar-refractivity contribution in [1.82, 2.24) is 30.0 Å². The quantitative estimate of drug-likeness (QED) is 0.423. The van der Waals surface area contributed by atoms with Crippen LogP contribution in [0.15, 0.2) is 48.8 Å². The highest BCUT2D eigenvalue weighted by atomic mass is 19.4. The van der Waals surface area contributed by atoms with E-state index in [0.717, 1.165) is 18.5 Å². The van der Waals surface area contributed by atoms with Gasteiger partial charge in [-0.3, -0.25) is 4.79 Å². The van der Waals surface area contributed by atoms with Crippen LogP contribution < -0.4 is 10.1 Å². The van der Waals surface area contributed by atoms with Crippen LogP contribution in [-0.2, 0) is 6.54 Å². The number of halogens is 3. The third-order valence-electron chi connectivity index (χ3n) is 5.58. The molecule has 11 heteroatoms. The van der Waals surface area contributed by atoms with E-state index < -0.39 is 12.8 Å². The van der Waals surface area contributed by atoms with Crippen LogP contribution in [0, 0.1) is 6.92 Å². The first-order valence-corrected chi connectivity index (χ1v) is 11.0. The lowest BCUT2D eigenvalue weighted by Gasteiger charge is -2.11. The van der Waals surface area contributed by atoms with Crippen molar-refractivity contribution in [2.45, 2.75) is 38.4 Å². The number of rotatable bonds is 7. The molecular weight excluding hydrogens is 461 g/mol. The largest absolute Gasteiger partial charge is 0.468 e. The fourth-order valence-electron chi connectivity index (χ4n) is 3.79. The van der Waals surface area contributed by atoms with Crippen molar-refractivity contribution in [2.75, 3.05) is 6.61 Å². The number of carbonyl (C=O) groups is 1. The van der Waals surface area contributed by atoms with Gasteiger partial charge in [0.2, 0.25) is 5.88 Å². The van der Waals surface area contributed by atoms with Crippen LogP contribution in [0.3, 0.4) is 0 Å². The number of nitrogens with one attached hydrogen (secondary N) is 1. The van der Waals surface area contributed by atoms with Crippen LogP contribution in [0.1, 0.15) is 46.1 Å². The van der Waals surface area contributed by atoms with Gasteiger partial charge in [-0.15, -0.1) is 0 Å². The molecule has 5 rings (SSSR count). The Labute approximate surface area is 198 Å². The second-order valence-corrected chi connectivity index (χ2v) is 8.34. The third kappa shape index (κ3) is 5.08.